The number of carbonyl (C=O) groups excluding carboxylic acids is 1. The van der Waals surface area contributed by atoms with Crippen molar-refractivity contribution in [3.05, 3.63) is 69.6 Å². The summed E-state index contributed by atoms with van der Waals surface area (Å²) in [4.78, 5) is 12.6. The van der Waals surface area contributed by atoms with Crippen LogP contribution in [0.5, 0.6) is 0 Å². The Labute approximate surface area is 204 Å². The van der Waals surface area contributed by atoms with E-state index in [1.165, 1.54) is 53.8 Å². The van der Waals surface area contributed by atoms with Crippen molar-refractivity contribution in [3.8, 4) is 5.69 Å². The number of nitrogens with zero attached hydrogens (tertiary/aromatic N) is 3. The van der Waals surface area contributed by atoms with Gasteiger partial charge in [-0.1, -0.05) is 60.1 Å². The van der Waals surface area contributed by atoms with Crippen molar-refractivity contribution in [2.45, 2.75) is 30.8 Å². The van der Waals surface area contributed by atoms with E-state index in [0.717, 1.165) is 18.5 Å². The van der Waals surface area contributed by atoms with Crippen molar-refractivity contribution >= 4 is 57.1 Å². The lowest BCUT2D eigenvalue weighted by atomic mass is 9.90. The van der Waals surface area contributed by atoms with Gasteiger partial charge in [0.2, 0.25) is 10.6 Å². The van der Waals surface area contributed by atoms with Crippen LogP contribution in [0.3, 0.4) is 0 Å². The third kappa shape index (κ3) is 6.26. The fourth-order valence-corrected chi connectivity index (χ4v) is 4.97. The smallest absolute Gasteiger partial charge is 0.234 e. The van der Waals surface area contributed by atoms with Crippen LogP contribution < -0.4 is 10.5 Å². The van der Waals surface area contributed by atoms with Crippen LogP contribution >= 0.6 is 51.2 Å². The van der Waals surface area contributed by atoms with Crippen molar-refractivity contribution in [1.82, 2.24) is 20.1 Å². The molecule has 3 rings (SSSR count). The van der Waals surface area contributed by atoms with Gasteiger partial charge in [-0.15, -0.1) is 10.2 Å². The quantitative estimate of drug-likeness (QED) is 0.267. The van der Waals surface area contributed by atoms with E-state index in [0.29, 0.717) is 26.4 Å². The number of amides is 1. The molecule has 0 saturated carbocycles. The molecule has 0 spiro atoms. The Kier molecular flexibility index (Phi) is 9.28. The number of nitrogens with two attached hydrogens (primary N) is 1. The Hall–Kier alpha value is -1.52. The van der Waals surface area contributed by atoms with Crippen molar-refractivity contribution in [2.24, 2.45) is 5.14 Å². The second kappa shape index (κ2) is 11.9. The van der Waals surface area contributed by atoms with Gasteiger partial charge in [0.05, 0.1) is 22.2 Å². The number of rotatable bonds is 9. The summed E-state index contributed by atoms with van der Waals surface area (Å²) in [5, 5.41) is 17.7. The van der Waals surface area contributed by atoms with Gasteiger partial charge >= 0.3 is 0 Å². The molecule has 0 bridgehead atoms. The lowest BCUT2D eigenvalue weighted by molar-refractivity contribution is -0.117. The van der Waals surface area contributed by atoms with E-state index in [1.807, 2.05) is 10.6 Å². The lowest BCUT2D eigenvalue weighted by Gasteiger charge is -2.20. The molecular weight excluding hydrogens is 518 g/mol. The average molecular weight is 541 g/mol. The summed E-state index contributed by atoms with van der Waals surface area (Å²) >= 11 is 12.2. The zero-order valence-corrected chi connectivity index (χ0v) is 20.8. The molecule has 0 atom stereocenters. The summed E-state index contributed by atoms with van der Waals surface area (Å²) in [5.41, 5.74) is 4.24. The van der Waals surface area contributed by atoms with E-state index in [2.05, 4.69) is 56.2 Å². The first-order valence-corrected chi connectivity index (χ1v) is 12.9. The maximum absolute atomic E-state index is 12.6. The van der Waals surface area contributed by atoms with E-state index in [9.17, 15) is 4.79 Å². The summed E-state index contributed by atoms with van der Waals surface area (Å²) < 4.78 is 2.58. The molecule has 1 aromatic carbocycles. The highest BCUT2D eigenvalue weighted by atomic mass is 79.9. The fourth-order valence-electron chi connectivity index (χ4n) is 3.35. The van der Waals surface area contributed by atoms with Crippen molar-refractivity contribution in [3.63, 3.8) is 0 Å². The van der Waals surface area contributed by atoms with Crippen molar-refractivity contribution in [2.75, 3.05) is 11.5 Å². The number of aryl methyl sites for hydroxylation is 1. The Morgan fingerprint density at radius 3 is 2.94 bits per heavy atom. The van der Waals surface area contributed by atoms with Crippen molar-refractivity contribution in [1.29, 1.82) is 0 Å². The van der Waals surface area contributed by atoms with Crippen LogP contribution in [0.15, 0.2) is 63.6 Å². The highest BCUT2D eigenvalue weighted by Crippen LogP contribution is 2.31. The van der Waals surface area contributed by atoms with Crippen LogP contribution in [0.2, 0.25) is 0 Å². The number of aromatic nitrogens is 3. The molecule has 1 aliphatic carbocycles. The molecule has 2 aromatic rings. The second-order valence-electron chi connectivity index (χ2n) is 6.75. The largest absolute Gasteiger partial charge is 0.324 e. The monoisotopic (exact) mass is 539 g/mol. The molecule has 164 valence electrons. The summed E-state index contributed by atoms with van der Waals surface area (Å²) in [6.07, 6.45) is 9.53. The highest BCUT2D eigenvalue weighted by Gasteiger charge is 2.20. The second-order valence-corrected chi connectivity index (χ2v) is 9.47. The number of thioether (sulfide) groups is 1. The first-order valence-electron chi connectivity index (χ1n) is 9.70. The standard InChI is InChI=1S/C21H23BrClN5OS2/c1-2-16(23)17(10-6-12-31-24)25-19(29)13-30-21-27-26-20(22)28(21)18-11-5-8-14-7-3-4-9-15(14)18/h2,5-6,8,10-11H,1,3-4,7,9,12-13,24H2,(H,25,29)/b10-6-,17-16-. The van der Waals surface area contributed by atoms with Crippen LogP contribution in [-0.4, -0.2) is 32.2 Å². The zero-order valence-electron chi connectivity index (χ0n) is 16.8. The first kappa shape index (κ1) is 24.1. The summed E-state index contributed by atoms with van der Waals surface area (Å²) in [6, 6.07) is 6.32. The Morgan fingerprint density at radius 1 is 1.35 bits per heavy atom. The van der Waals surface area contributed by atoms with Crippen molar-refractivity contribution < 1.29 is 4.79 Å². The normalized spacial score (nSPS) is 14.3. The highest BCUT2D eigenvalue weighted by molar-refractivity contribution is 9.10. The molecule has 0 saturated heterocycles. The molecule has 0 unspecified atom stereocenters. The average Bonchev–Trinajstić information content (AvgIpc) is 3.16. The molecule has 0 radical (unpaired) electrons. The molecule has 31 heavy (non-hydrogen) atoms. The third-order valence-electron chi connectivity index (χ3n) is 4.73. The molecule has 10 heteroatoms. The number of carbonyl (C=O) groups is 1. The van der Waals surface area contributed by atoms with E-state index >= 15 is 0 Å². The molecule has 1 aromatic heterocycles. The maximum Gasteiger partial charge on any atom is 0.234 e. The Morgan fingerprint density at radius 2 is 2.16 bits per heavy atom. The molecule has 0 aliphatic heterocycles. The zero-order chi connectivity index (χ0) is 22.2. The molecule has 0 fully saturated rings. The third-order valence-corrected chi connectivity index (χ3v) is 6.91. The minimum atomic E-state index is -0.203. The summed E-state index contributed by atoms with van der Waals surface area (Å²) in [6.45, 7) is 3.66. The van der Waals surface area contributed by atoms with Crippen LogP contribution in [0.25, 0.3) is 5.69 Å². The van der Waals surface area contributed by atoms with E-state index in [4.69, 9.17) is 16.7 Å². The number of hydrogen-bond acceptors (Lipinski definition) is 6. The molecule has 3 N–H and O–H groups in total. The van der Waals surface area contributed by atoms with Gasteiger partial charge in [0.25, 0.3) is 0 Å². The van der Waals surface area contributed by atoms with Crippen LogP contribution in [0, 0.1) is 0 Å². The SMILES string of the molecule is C=C/C(Cl)=C(\C=C/CSN)NC(=O)CSc1nnc(Br)n1-c1cccc2c1CCCC2. The van der Waals surface area contributed by atoms with Gasteiger partial charge in [-0.05, 0) is 71.0 Å². The number of fused-ring (bicyclic) bond motifs is 1. The minimum Gasteiger partial charge on any atom is -0.324 e. The number of halogens is 2. The number of nitrogens with one attached hydrogen (secondary N) is 1. The van der Waals surface area contributed by atoms with Crippen LogP contribution in [0.1, 0.15) is 24.0 Å². The lowest BCUT2D eigenvalue weighted by Crippen LogP contribution is -2.24. The van der Waals surface area contributed by atoms with Gasteiger partial charge in [0.15, 0.2) is 5.16 Å². The fraction of sp³-hybridized carbons (Fsp3) is 0.286. The molecule has 1 amide bonds. The predicted molar refractivity (Wildman–Crippen MR) is 133 cm³/mol. The Balaban J connectivity index is 1.75. The summed E-state index contributed by atoms with van der Waals surface area (Å²) in [7, 11) is 0. The van der Waals surface area contributed by atoms with Gasteiger partial charge in [-0.2, -0.15) is 0 Å². The van der Waals surface area contributed by atoms with Gasteiger partial charge in [0, 0.05) is 5.75 Å². The summed E-state index contributed by atoms with van der Waals surface area (Å²) in [5.74, 6) is 0.559. The first-order chi connectivity index (χ1) is 15.0. The Bertz CT molecular complexity index is 1020. The topological polar surface area (TPSA) is 85.8 Å². The van der Waals surface area contributed by atoms with E-state index in [1.54, 1.807) is 6.08 Å². The predicted octanol–water partition coefficient (Wildman–Crippen LogP) is 4.92. The van der Waals surface area contributed by atoms with E-state index in [-0.39, 0.29) is 11.7 Å². The van der Waals surface area contributed by atoms with E-state index < -0.39 is 0 Å². The van der Waals surface area contributed by atoms with Crippen LogP contribution in [-0.2, 0) is 17.6 Å². The maximum atomic E-state index is 12.6. The minimum absolute atomic E-state index is 0.157. The molecular formula is C21H23BrClN5OS2. The number of hydrogen-bond donors (Lipinski definition) is 2. The molecule has 1 aliphatic rings. The van der Waals surface area contributed by atoms with Gasteiger partial charge < -0.3 is 5.32 Å². The van der Waals surface area contributed by atoms with Gasteiger partial charge in [0.1, 0.15) is 0 Å². The van der Waals surface area contributed by atoms with Gasteiger partial charge in [-0.3, -0.25) is 14.5 Å². The molecule has 1 heterocycles. The number of allylic oxidation sites excluding steroid dienone is 3. The molecule has 6 nitrogen and oxygen atoms in total. The van der Waals surface area contributed by atoms with Gasteiger partial charge in [-0.25, -0.2) is 0 Å². The van der Waals surface area contributed by atoms with Crippen LogP contribution in [0.4, 0.5) is 0 Å². The number of benzene rings is 1.